The van der Waals surface area contributed by atoms with Gasteiger partial charge in [-0.1, -0.05) is 24.3 Å². The van der Waals surface area contributed by atoms with Gasteiger partial charge in [0.15, 0.2) is 0 Å². The van der Waals surface area contributed by atoms with Crippen molar-refractivity contribution < 1.29 is 14.6 Å². The molecule has 0 unspecified atom stereocenters. The van der Waals surface area contributed by atoms with E-state index in [9.17, 15) is 5.11 Å². The molecule has 1 N–H and O–H groups in total. The number of aromatic nitrogens is 2. The van der Waals surface area contributed by atoms with Gasteiger partial charge in [-0.25, -0.2) is 4.98 Å². The molecule has 0 radical (unpaired) electrons. The first-order valence-corrected chi connectivity index (χ1v) is 9.64. The highest BCUT2D eigenvalue weighted by atomic mass is 16.5. The number of benzene rings is 2. The fraction of sp³-hybridized carbons (Fsp3) is 0.167. The standard InChI is InChI=1S/C24H20N2O3/c27-24-18(12-16-4-3-11-25-14-16)15-28-22-9-8-19(13-20(22)24)29-23-10-7-17-5-1-2-6-21(17)26-23/h1-11,13-14,18,24,27H,12,15H2/t18-,24-/m1/s1. The molecule has 4 aromatic rings. The van der Waals surface area contributed by atoms with Crippen molar-refractivity contribution in [3.63, 3.8) is 0 Å². The summed E-state index contributed by atoms with van der Waals surface area (Å²) in [5.74, 6) is 1.79. The molecule has 1 aliphatic rings. The molecule has 0 saturated heterocycles. The molecular weight excluding hydrogens is 364 g/mol. The molecular formula is C24H20N2O3. The molecule has 0 aliphatic carbocycles. The van der Waals surface area contributed by atoms with Crippen LogP contribution in [0.1, 0.15) is 17.2 Å². The summed E-state index contributed by atoms with van der Waals surface area (Å²) < 4.78 is 11.9. The molecule has 2 aromatic heterocycles. The molecule has 0 amide bonds. The zero-order chi connectivity index (χ0) is 19.6. The van der Waals surface area contributed by atoms with Crippen LogP contribution in [0.2, 0.25) is 0 Å². The molecule has 2 aromatic carbocycles. The van der Waals surface area contributed by atoms with Crippen LogP contribution in [-0.4, -0.2) is 21.7 Å². The van der Waals surface area contributed by atoms with E-state index in [0.717, 1.165) is 22.0 Å². The maximum absolute atomic E-state index is 10.9. The van der Waals surface area contributed by atoms with Gasteiger partial charge in [0.1, 0.15) is 11.5 Å². The Morgan fingerprint density at radius 2 is 1.97 bits per heavy atom. The lowest BCUT2D eigenvalue weighted by atomic mass is 9.88. The van der Waals surface area contributed by atoms with Crippen molar-refractivity contribution >= 4 is 10.9 Å². The molecule has 3 heterocycles. The zero-order valence-corrected chi connectivity index (χ0v) is 15.7. The topological polar surface area (TPSA) is 64.5 Å². The summed E-state index contributed by atoms with van der Waals surface area (Å²) in [6.07, 6.45) is 3.64. The van der Waals surface area contributed by atoms with Crippen molar-refractivity contribution in [1.29, 1.82) is 0 Å². The highest BCUT2D eigenvalue weighted by Crippen LogP contribution is 2.39. The van der Waals surface area contributed by atoms with Crippen LogP contribution in [0, 0.1) is 5.92 Å². The molecule has 0 fully saturated rings. The molecule has 5 heteroatoms. The number of rotatable bonds is 4. The van der Waals surface area contributed by atoms with Gasteiger partial charge in [-0.3, -0.25) is 4.98 Å². The lowest BCUT2D eigenvalue weighted by Gasteiger charge is -2.30. The van der Waals surface area contributed by atoms with Crippen LogP contribution < -0.4 is 9.47 Å². The lowest BCUT2D eigenvalue weighted by molar-refractivity contribution is 0.0505. The summed E-state index contributed by atoms with van der Waals surface area (Å²) >= 11 is 0. The van der Waals surface area contributed by atoms with Crippen LogP contribution in [-0.2, 0) is 6.42 Å². The normalized spacial score (nSPS) is 18.1. The van der Waals surface area contributed by atoms with Crippen molar-refractivity contribution in [2.24, 2.45) is 5.92 Å². The summed E-state index contributed by atoms with van der Waals surface area (Å²) in [6.45, 7) is 0.468. The van der Waals surface area contributed by atoms with E-state index >= 15 is 0 Å². The van der Waals surface area contributed by atoms with E-state index in [1.807, 2.05) is 72.9 Å². The second-order valence-corrected chi connectivity index (χ2v) is 7.23. The number of aliphatic hydroxyl groups is 1. The molecule has 5 nitrogen and oxygen atoms in total. The summed E-state index contributed by atoms with van der Waals surface area (Å²) in [4.78, 5) is 8.70. The summed E-state index contributed by atoms with van der Waals surface area (Å²) in [6, 6.07) is 21.2. The number of ether oxygens (including phenoxy) is 2. The molecule has 2 atom stereocenters. The SMILES string of the molecule is O[C@H]1c2cc(Oc3ccc4ccccc4n3)ccc2OC[C@H]1Cc1cccnc1. The first-order valence-electron chi connectivity index (χ1n) is 9.64. The zero-order valence-electron chi connectivity index (χ0n) is 15.7. The first kappa shape index (κ1) is 17.6. The summed E-state index contributed by atoms with van der Waals surface area (Å²) in [5.41, 5.74) is 2.70. The van der Waals surface area contributed by atoms with Crippen LogP contribution in [0.5, 0.6) is 17.4 Å². The number of pyridine rings is 2. The Balaban J connectivity index is 1.38. The number of aliphatic hydroxyl groups excluding tert-OH is 1. The largest absolute Gasteiger partial charge is 0.493 e. The quantitative estimate of drug-likeness (QED) is 0.552. The number of para-hydroxylation sites is 1. The van der Waals surface area contributed by atoms with Gasteiger partial charge in [0.25, 0.3) is 0 Å². The summed E-state index contributed by atoms with van der Waals surface area (Å²) in [5, 5.41) is 12.0. The van der Waals surface area contributed by atoms with Gasteiger partial charge in [0, 0.05) is 35.3 Å². The Labute approximate surface area is 168 Å². The fourth-order valence-corrected chi connectivity index (χ4v) is 3.71. The van der Waals surface area contributed by atoms with E-state index in [4.69, 9.17) is 9.47 Å². The van der Waals surface area contributed by atoms with Crippen molar-refractivity contribution in [2.45, 2.75) is 12.5 Å². The van der Waals surface area contributed by atoms with Crippen LogP contribution in [0.25, 0.3) is 10.9 Å². The van der Waals surface area contributed by atoms with E-state index in [1.165, 1.54) is 0 Å². The van der Waals surface area contributed by atoms with E-state index < -0.39 is 6.10 Å². The molecule has 0 bridgehead atoms. The molecule has 144 valence electrons. The van der Waals surface area contributed by atoms with E-state index in [-0.39, 0.29) is 5.92 Å². The van der Waals surface area contributed by atoms with Crippen molar-refractivity contribution in [1.82, 2.24) is 9.97 Å². The predicted molar refractivity (Wildman–Crippen MR) is 110 cm³/mol. The van der Waals surface area contributed by atoms with Gasteiger partial charge in [0.05, 0.1) is 18.2 Å². The first-order chi connectivity index (χ1) is 14.3. The Hall–Kier alpha value is -3.44. The highest BCUT2D eigenvalue weighted by Gasteiger charge is 2.30. The minimum absolute atomic E-state index is 0.0410. The number of hydrogen-bond donors (Lipinski definition) is 1. The smallest absolute Gasteiger partial charge is 0.219 e. The molecule has 1 aliphatic heterocycles. The van der Waals surface area contributed by atoms with Crippen LogP contribution >= 0.6 is 0 Å². The average molecular weight is 384 g/mol. The lowest BCUT2D eigenvalue weighted by Crippen LogP contribution is -2.27. The minimum Gasteiger partial charge on any atom is -0.493 e. The third-order valence-electron chi connectivity index (χ3n) is 5.22. The minimum atomic E-state index is -0.632. The Morgan fingerprint density at radius 3 is 2.86 bits per heavy atom. The van der Waals surface area contributed by atoms with Gasteiger partial charge in [-0.05, 0) is 48.4 Å². The second-order valence-electron chi connectivity index (χ2n) is 7.23. The molecule has 0 spiro atoms. The Kier molecular flexibility index (Phi) is 4.58. The van der Waals surface area contributed by atoms with Crippen LogP contribution in [0.3, 0.4) is 0 Å². The number of nitrogens with zero attached hydrogens (tertiary/aromatic N) is 2. The Morgan fingerprint density at radius 1 is 1.03 bits per heavy atom. The fourth-order valence-electron chi connectivity index (χ4n) is 3.71. The highest BCUT2D eigenvalue weighted by molar-refractivity contribution is 5.78. The van der Waals surface area contributed by atoms with Crippen LogP contribution in [0.4, 0.5) is 0 Å². The Bertz CT molecular complexity index is 1150. The average Bonchev–Trinajstić information content (AvgIpc) is 2.77. The van der Waals surface area contributed by atoms with E-state index in [0.29, 0.717) is 30.4 Å². The maximum atomic E-state index is 10.9. The second kappa shape index (κ2) is 7.53. The monoisotopic (exact) mass is 384 g/mol. The third-order valence-corrected chi connectivity index (χ3v) is 5.22. The number of hydrogen-bond acceptors (Lipinski definition) is 5. The molecule has 29 heavy (non-hydrogen) atoms. The van der Waals surface area contributed by atoms with Crippen molar-refractivity contribution in [3.8, 4) is 17.4 Å². The van der Waals surface area contributed by atoms with Gasteiger partial charge >= 0.3 is 0 Å². The van der Waals surface area contributed by atoms with E-state index in [1.54, 1.807) is 6.20 Å². The van der Waals surface area contributed by atoms with Gasteiger partial charge < -0.3 is 14.6 Å². The van der Waals surface area contributed by atoms with Gasteiger partial charge in [0.2, 0.25) is 5.88 Å². The predicted octanol–water partition coefficient (Wildman–Crippen LogP) is 4.71. The van der Waals surface area contributed by atoms with Gasteiger partial charge in [-0.15, -0.1) is 0 Å². The van der Waals surface area contributed by atoms with Gasteiger partial charge in [-0.2, -0.15) is 0 Å². The molecule has 5 rings (SSSR count). The summed E-state index contributed by atoms with van der Waals surface area (Å²) in [7, 11) is 0. The van der Waals surface area contributed by atoms with Crippen molar-refractivity contribution in [3.05, 3.63) is 90.3 Å². The van der Waals surface area contributed by atoms with Crippen molar-refractivity contribution in [2.75, 3.05) is 6.61 Å². The van der Waals surface area contributed by atoms with Crippen LogP contribution in [0.15, 0.2) is 79.1 Å². The van der Waals surface area contributed by atoms with E-state index in [2.05, 4.69) is 9.97 Å². The maximum Gasteiger partial charge on any atom is 0.219 e. The third kappa shape index (κ3) is 3.65. The molecule has 0 saturated carbocycles. The number of fused-ring (bicyclic) bond motifs is 2.